The fourth-order valence-corrected chi connectivity index (χ4v) is 2.10. The molecule has 0 saturated carbocycles. The molecule has 102 valence electrons. The maximum atomic E-state index is 12.8. The lowest BCUT2D eigenvalue weighted by Crippen LogP contribution is -2.38. The highest BCUT2D eigenvalue weighted by Gasteiger charge is 2.11. The molecule has 1 atom stereocenters. The highest BCUT2D eigenvalue weighted by atomic mass is 19.1. The second kappa shape index (κ2) is 7.49. The van der Waals surface area contributed by atoms with Gasteiger partial charge < -0.3 is 10.2 Å². The lowest BCUT2D eigenvalue weighted by Gasteiger charge is -2.24. The Balaban J connectivity index is 2.47. The molecule has 0 fully saturated rings. The second-order valence-corrected chi connectivity index (χ2v) is 5.60. The Morgan fingerprint density at radius 1 is 1.17 bits per heavy atom. The molecule has 0 aliphatic rings. The van der Waals surface area contributed by atoms with Gasteiger partial charge in [-0.05, 0) is 44.1 Å². The van der Waals surface area contributed by atoms with Crippen molar-refractivity contribution in [1.82, 2.24) is 10.2 Å². The Morgan fingerprint density at radius 2 is 1.78 bits per heavy atom. The van der Waals surface area contributed by atoms with Gasteiger partial charge in [0, 0.05) is 19.1 Å². The quantitative estimate of drug-likeness (QED) is 0.802. The van der Waals surface area contributed by atoms with Crippen LogP contribution in [-0.2, 0) is 6.54 Å². The molecule has 1 unspecified atom stereocenters. The summed E-state index contributed by atoms with van der Waals surface area (Å²) in [4.78, 5) is 2.20. The highest BCUT2D eigenvalue weighted by Crippen LogP contribution is 2.08. The van der Waals surface area contributed by atoms with Crippen molar-refractivity contribution >= 4 is 0 Å². The summed E-state index contributed by atoms with van der Waals surface area (Å²) in [7, 11) is 4.18. The van der Waals surface area contributed by atoms with Crippen LogP contribution < -0.4 is 5.32 Å². The smallest absolute Gasteiger partial charge is 0.123 e. The van der Waals surface area contributed by atoms with E-state index in [-0.39, 0.29) is 5.82 Å². The monoisotopic (exact) mass is 252 g/mol. The third-order valence-electron chi connectivity index (χ3n) is 2.85. The lowest BCUT2D eigenvalue weighted by molar-refractivity contribution is 0.305. The average molecular weight is 252 g/mol. The van der Waals surface area contributed by atoms with Crippen LogP contribution in [0.5, 0.6) is 0 Å². The van der Waals surface area contributed by atoms with Crippen LogP contribution in [0.25, 0.3) is 0 Å². The van der Waals surface area contributed by atoms with Crippen molar-refractivity contribution in [3.63, 3.8) is 0 Å². The minimum absolute atomic E-state index is 0.175. The molecule has 1 aromatic rings. The molecule has 0 heterocycles. The molecule has 0 aromatic heterocycles. The number of hydrogen-bond donors (Lipinski definition) is 1. The summed E-state index contributed by atoms with van der Waals surface area (Å²) >= 11 is 0. The second-order valence-electron chi connectivity index (χ2n) is 5.60. The van der Waals surface area contributed by atoms with E-state index in [1.165, 1.54) is 12.1 Å². The first-order valence-corrected chi connectivity index (χ1v) is 6.60. The molecule has 0 bridgehead atoms. The molecule has 0 spiro atoms. The van der Waals surface area contributed by atoms with Crippen LogP contribution >= 0.6 is 0 Å². The van der Waals surface area contributed by atoms with Gasteiger partial charge in [0.25, 0.3) is 0 Å². The number of hydrogen-bond acceptors (Lipinski definition) is 2. The van der Waals surface area contributed by atoms with Crippen LogP contribution in [0.4, 0.5) is 4.39 Å². The molecule has 18 heavy (non-hydrogen) atoms. The Hall–Kier alpha value is -0.930. The first kappa shape index (κ1) is 15.1. The van der Waals surface area contributed by atoms with Crippen LogP contribution in [0.3, 0.4) is 0 Å². The maximum absolute atomic E-state index is 12.8. The molecular weight excluding hydrogens is 227 g/mol. The van der Waals surface area contributed by atoms with Crippen molar-refractivity contribution in [2.24, 2.45) is 5.92 Å². The summed E-state index contributed by atoms with van der Waals surface area (Å²) in [5.41, 5.74) is 1.13. The standard InChI is InChI=1S/C15H25FN2/c1-12(2)9-15(11-18(3)4)17-10-13-5-7-14(16)8-6-13/h5-8,12,15,17H,9-11H2,1-4H3. The van der Waals surface area contributed by atoms with E-state index in [1.54, 1.807) is 0 Å². The van der Waals surface area contributed by atoms with Gasteiger partial charge >= 0.3 is 0 Å². The summed E-state index contributed by atoms with van der Waals surface area (Å²) in [6.07, 6.45) is 1.15. The third kappa shape index (κ3) is 6.12. The van der Waals surface area contributed by atoms with Gasteiger partial charge in [0.1, 0.15) is 5.82 Å². The molecule has 1 N–H and O–H groups in total. The van der Waals surface area contributed by atoms with E-state index in [0.29, 0.717) is 12.0 Å². The molecule has 0 amide bonds. The van der Waals surface area contributed by atoms with Gasteiger partial charge in [0.2, 0.25) is 0 Å². The Labute approximate surface area is 110 Å². The SMILES string of the molecule is CC(C)CC(CN(C)C)NCc1ccc(F)cc1. The van der Waals surface area contributed by atoms with Gasteiger partial charge in [0.15, 0.2) is 0 Å². The number of likely N-dealkylation sites (N-methyl/N-ethyl adjacent to an activating group) is 1. The van der Waals surface area contributed by atoms with Crippen LogP contribution in [0.1, 0.15) is 25.8 Å². The average Bonchev–Trinajstić information content (AvgIpc) is 2.26. The van der Waals surface area contributed by atoms with Crippen molar-refractivity contribution in [3.05, 3.63) is 35.6 Å². The molecule has 0 saturated heterocycles. The van der Waals surface area contributed by atoms with Gasteiger partial charge in [-0.2, -0.15) is 0 Å². The number of rotatable bonds is 7. The zero-order valence-corrected chi connectivity index (χ0v) is 11.9. The van der Waals surface area contributed by atoms with E-state index in [9.17, 15) is 4.39 Å². The number of nitrogens with one attached hydrogen (secondary N) is 1. The van der Waals surface area contributed by atoms with Crippen LogP contribution in [0, 0.1) is 11.7 Å². The van der Waals surface area contributed by atoms with Gasteiger partial charge in [-0.3, -0.25) is 0 Å². The molecule has 1 rings (SSSR count). The van der Waals surface area contributed by atoms with E-state index in [2.05, 4.69) is 38.2 Å². The lowest BCUT2D eigenvalue weighted by atomic mass is 10.0. The van der Waals surface area contributed by atoms with Gasteiger partial charge in [0.05, 0.1) is 0 Å². The normalized spacial score (nSPS) is 13.3. The van der Waals surface area contributed by atoms with E-state index in [0.717, 1.165) is 25.1 Å². The molecule has 0 radical (unpaired) electrons. The zero-order valence-electron chi connectivity index (χ0n) is 11.9. The van der Waals surface area contributed by atoms with E-state index in [4.69, 9.17) is 0 Å². The summed E-state index contributed by atoms with van der Waals surface area (Å²) < 4.78 is 12.8. The first-order chi connectivity index (χ1) is 8.47. The number of halogens is 1. The fraction of sp³-hybridized carbons (Fsp3) is 0.600. The van der Waals surface area contributed by atoms with E-state index in [1.807, 2.05) is 12.1 Å². The third-order valence-corrected chi connectivity index (χ3v) is 2.85. The predicted octanol–water partition coefficient (Wildman–Crippen LogP) is 2.89. The van der Waals surface area contributed by atoms with E-state index < -0.39 is 0 Å². The molecular formula is C15H25FN2. The number of benzene rings is 1. The summed E-state index contributed by atoms with van der Waals surface area (Å²) in [5.74, 6) is 0.501. The zero-order chi connectivity index (χ0) is 13.5. The summed E-state index contributed by atoms with van der Waals surface area (Å²) in [6.45, 7) is 6.30. The van der Waals surface area contributed by atoms with Crippen molar-refractivity contribution in [2.45, 2.75) is 32.9 Å². The van der Waals surface area contributed by atoms with Crippen molar-refractivity contribution in [2.75, 3.05) is 20.6 Å². The fourth-order valence-electron chi connectivity index (χ4n) is 2.10. The van der Waals surface area contributed by atoms with Crippen LogP contribution in [0.2, 0.25) is 0 Å². The van der Waals surface area contributed by atoms with Crippen molar-refractivity contribution in [3.8, 4) is 0 Å². The predicted molar refractivity (Wildman–Crippen MR) is 75.0 cm³/mol. The Kier molecular flexibility index (Phi) is 6.30. The minimum atomic E-state index is -0.175. The largest absolute Gasteiger partial charge is 0.309 e. The van der Waals surface area contributed by atoms with Crippen molar-refractivity contribution < 1.29 is 4.39 Å². The molecule has 0 aliphatic heterocycles. The van der Waals surface area contributed by atoms with Gasteiger partial charge in [-0.25, -0.2) is 4.39 Å². The van der Waals surface area contributed by atoms with Crippen LogP contribution in [0.15, 0.2) is 24.3 Å². The molecule has 1 aromatic carbocycles. The molecule has 3 heteroatoms. The molecule has 2 nitrogen and oxygen atoms in total. The molecule has 0 aliphatic carbocycles. The highest BCUT2D eigenvalue weighted by molar-refractivity contribution is 5.15. The topological polar surface area (TPSA) is 15.3 Å². The van der Waals surface area contributed by atoms with Crippen molar-refractivity contribution in [1.29, 1.82) is 0 Å². The van der Waals surface area contributed by atoms with Gasteiger partial charge in [-0.1, -0.05) is 26.0 Å². The Bertz CT molecular complexity index is 323. The van der Waals surface area contributed by atoms with Gasteiger partial charge in [-0.15, -0.1) is 0 Å². The minimum Gasteiger partial charge on any atom is -0.309 e. The first-order valence-electron chi connectivity index (χ1n) is 6.60. The van der Waals surface area contributed by atoms with E-state index >= 15 is 0 Å². The summed E-state index contributed by atoms with van der Waals surface area (Å²) in [6, 6.07) is 7.18. The number of nitrogens with zero attached hydrogens (tertiary/aromatic N) is 1. The summed E-state index contributed by atoms with van der Waals surface area (Å²) in [5, 5.41) is 3.55. The maximum Gasteiger partial charge on any atom is 0.123 e. The Morgan fingerprint density at radius 3 is 2.28 bits per heavy atom. The van der Waals surface area contributed by atoms with Crippen LogP contribution in [-0.4, -0.2) is 31.6 Å².